The molecule has 0 rings (SSSR count). The summed E-state index contributed by atoms with van der Waals surface area (Å²) in [5.74, 6) is 0. The van der Waals surface area contributed by atoms with Gasteiger partial charge in [-0.15, -0.1) is 13.2 Å². The summed E-state index contributed by atoms with van der Waals surface area (Å²) in [5.41, 5.74) is 0. The van der Waals surface area contributed by atoms with Crippen molar-refractivity contribution in [1.29, 1.82) is 0 Å². The van der Waals surface area contributed by atoms with E-state index in [2.05, 4.69) is 58.3 Å². The van der Waals surface area contributed by atoms with Gasteiger partial charge in [0, 0.05) is 8.86 Å². The summed E-state index contributed by atoms with van der Waals surface area (Å²) < 4.78 is 7.45. The van der Waals surface area contributed by atoms with Crippen molar-refractivity contribution < 1.29 is 4.74 Å². The first-order valence-corrected chi connectivity index (χ1v) is 6.30. The Hall–Kier alpha value is 0.900. The Bertz CT molecular complexity index is 74.2. The fourth-order valence-corrected chi connectivity index (χ4v) is 0.235. The van der Waals surface area contributed by atoms with E-state index in [4.69, 9.17) is 4.74 Å². The Labute approximate surface area is 96.6 Å². The van der Waals surface area contributed by atoms with Gasteiger partial charge in [0.1, 0.15) is 0 Å². The van der Waals surface area contributed by atoms with E-state index < -0.39 is 0 Å². The number of ether oxygens (including phenoxy) is 1. The monoisotopic (exact) mass is 380 g/mol. The summed E-state index contributed by atoms with van der Waals surface area (Å²) in [6, 6.07) is 0. The van der Waals surface area contributed by atoms with Gasteiger partial charge in [-0.1, -0.05) is 57.3 Å². The topological polar surface area (TPSA) is 9.23 Å². The highest BCUT2D eigenvalue weighted by molar-refractivity contribution is 14.1. The fraction of sp³-hybridized carbons (Fsp3) is 0.500. The summed E-state index contributed by atoms with van der Waals surface area (Å²) in [7, 11) is 0. The second-order valence-corrected chi connectivity index (χ2v) is 3.65. The Morgan fingerprint density at radius 2 is 1.36 bits per heavy atom. The lowest BCUT2D eigenvalue weighted by atomic mass is 10.6. The third-order valence-corrected chi connectivity index (χ3v) is 3.69. The first kappa shape index (κ1) is 14.4. The van der Waals surface area contributed by atoms with Crippen LogP contribution in [0.15, 0.2) is 25.3 Å². The van der Waals surface area contributed by atoms with Crippen molar-refractivity contribution in [3.05, 3.63) is 25.3 Å². The lowest BCUT2D eigenvalue weighted by molar-refractivity contribution is 0.194. The molecular weight excluding hydrogens is 366 g/mol. The molecule has 66 valence electrons. The lowest BCUT2D eigenvalue weighted by Gasteiger charge is -1.89. The van der Waals surface area contributed by atoms with Crippen molar-refractivity contribution in [2.24, 2.45) is 0 Å². The van der Waals surface area contributed by atoms with Crippen molar-refractivity contribution in [2.45, 2.75) is 0 Å². The molecule has 0 radical (unpaired) electrons. The number of rotatable bonds is 5. The molecule has 0 aliphatic rings. The van der Waals surface area contributed by atoms with Gasteiger partial charge in [-0.3, -0.25) is 0 Å². The largest absolute Gasteiger partial charge is 0.373 e. The standard InChI is InChI=1S/C6H10O.C2H4I2/c1-3-5-7-6-4-2;3-1-2-4/h3-4H,1-2,5-6H2;1-2H2. The molecule has 0 atom stereocenters. The molecule has 0 amide bonds. The average Bonchev–Trinajstić information content (AvgIpc) is 2.06. The van der Waals surface area contributed by atoms with Crippen LogP contribution in [-0.4, -0.2) is 22.1 Å². The molecule has 1 nitrogen and oxygen atoms in total. The molecule has 0 saturated carbocycles. The molecule has 0 saturated heterocycles. The van der Waals surface area contributed by atoms with Crippen LogP contribution in [0.3, 0.4) is 0 Å². The van der Waals surface area contributed by atoms with Crippen LogP contribution in [0.25, 0.3) is 0 Å². The lowest BCUT2D eigenvalue weighted by Crippen LogP contribution is -1.87. The highest BCUT2D eigenvalue weighted by Gasteiger charge is 1.70. The highest BCUT2D eigenvalue weighted by Crippen LogP contribution is 1.84. The van der Waals surface area contributed by atoms with Gasteiger partial charge in [0.2, 0.25) is 0 Å². The van der Waals surface area contributed by atoms with E-state index >= 15 is 0 Å². The van der Waals surface area contributed by atoms with E-state index in [9.17, 15) is 0 Å². The summed E-state index contributed by atoms with van der Waals surface area (Å²) in [6.45, 7) is 8.18. The van der Waals surface area contributed by atoms with Crippen LogP contribution in [0.2, 0.25) is 0 Å². The van der Waals surface area contributed by atoms with Crippen LogP contribution in [0, 0.1) is 0 Å². The zero-order valence-electron chi connectivity index (χ0n) is 6.56. The third-order valence-electron chi connectivity index (χ3n) is 0.543. The summed E-state index contributed by atoms with van der Waals surface area (Å²) in [5, 5.41) is 0. The normalized spacial score (nSPS) is 7.82. The molecule has 3 heteroatoms. The van der Waals surface area contributed by atoms with Crippen LogP contribution in [0.5, 0.6) is 0 Å². The van der Waals surface area contributed by atoms with Gasteiger partial charge in [-0.05, 0) is 0 Å². The Morgan fingerprint density at radius 1 is 1.00 bits per heavy atom. The van der Waals surface area contributed by atoms with Gasteiger partial charge in [0.25, 0.3) is 0 Å². The van der Waals surface area contributed by atoms with Gasteiger partial charge in [0.05, 0.1) is 13.2 Å². The zero-order chi connectivity index (χ0) is 8.95. The van der Waals surface area contributed by atoms with Gasteiger partial charge < -0.3 is 4.74 Å². The first-order chi connectivity index (χ1) is 5.33. The van der Waals surface area contributed by atoms with Crippen LogP contribution < -0.4 is 0 Å². The van der Waals surface area contributed by atoms with Crippen molar-refractivity contribution in [3.8, 4) is 0 Å². The van der Waals surface area contributed by atoms with Crippen LogP contribution in [-0.2, 0) is 4.74 Å². The molecule has 0 unspecified atom stereocenters. The van der Waals surface area contributed by atoms with Crippen LogP contribution in [0.1, 0.15) is 0 Å². The SMILES string of the molecule is C=CCOCC=C.ICCI. The summed E-state index contributed by atoms with van der Waals surface area (Å²) in [4.78, 5) is 0. The molecule has 0 fully saturated rings. The van der Waals surface area contributed by atoms with E-state index in [-0.39, 0.29) is 0 Å². The maximum Gasteiger partial charge on any atom is 0.0649 e. The minimum Gasteiger partial charge on any atom is -0.373 e. The van der Waals surface area contributed by atoms with Gasteiger partial charge in [-0.25, -0.2) is 0 Å². The molecule has 0 spiro atoms. The van der Waals surface area contributed by atoms with Crippen molar-refractivity contribution in [1.82, 2.24) is 0 Å². The number of hydrogen-bond donors (Lipinski definition) is 0. The summed E-state index contributed by atoms with van der Waals surface area (Å²) in [6.07, 6.45) is 3.42. The highest BCUT2D eigenvalue weighted by atomic mass is 127. The fourth-order valence-electron chi connectivity index (χ4n) is 0.235. The minimum absolute atomic E-state index is 0.617. The maximum atomic E-state index is 4.90. The van der Waals surface area contributed by atoms with E-state index in [1.807, 2.05) is 0 Å². The molecule has 0 aromatic rings. The number of hydrogen-bond acceptors (Lipinski definition) is 1. The first-order valence-electron chi connectivity index (χ1n) is 3.24. The molecule has 0 aromatic carbocycles. The average molecular weight is 380 g/mol. The van der Waals surface area contributed by atoms with Crippen LogP contribution in [0.4, 0.5) is 0 Å². The minimum atomic E-state index is 0.617. The predicted octanol–water partition coefficient (Wildman–Crippen LogP) is 3.23. The molecule has 0 aromatic heterocycles. The van der Waals surface area contributed by atoms with Crippen molar-refractivity contribution >= 4 is 45.2 Å². The predicted molar refractivity (Wildman–Crippen MR) is 69.0 cm³/mol. The Balaban J connectivity index is 0. The molecule has 0 bridgehead atoms. The molecule has 0 aliphatic heterocycles. The van der Waals surface area contributed by atoms with E-state index in [0.29, 0.717) is 13.2 Å². The summed E-state index contributed by atoms with van der Waals surface area (Å²) >= 11 is 4.69. The molecule has 0 heterocycles. The smallest absolute Gasteiger partial charge is 0.0649 e. The maximum absolute atomic E-state index is 4.90. The Kier molecular flexibility index (Phi) is 22.4. The number of halogens is 2. The van der Waals surface area contributed by atoms with E-state index in [1.165, 1.54) is 8.86 Å². The van der Waals surface area contributed by atoms with Gasteiger partial charge in [-0.2, -0.15) is 0 Å². The Morgan fingerprint density at radius 3 is 1.55 bits per heavy atom. The van der Waals surface area contributed by atoms with E-state index in [1.54, 1.807) is 12.2 Å². The molecular formula is C8H14I2O. The number of alkyl halides is 2. The van der Waals surface area contributed by atoms with Crippen LogP contribution >= 0.6 is 45.2 Å². The second kappa shape index (κ2) is 17.1. The van der Waals surface area contributed by atoms with Crippen molar-refractivity contribution in [2.75, 3.05) is 22.1 Å². The third kappa shape index (κ3) is 24.8. The second-order valence-electron chi connectivity index (χ2n) is 1.49. The quantitative estimate of drug-likeness (QED) is 0.308. The van der Waals surface area contributed by atoms with E-state index in [0.717, 1.165) is 0 Å². The molecule has 11 heavy (non-hydrogen) atoms. The van der Waals surface area contributed by atoms with Gasteiger partial charge in [0.15, 0.2) is 0 Å². The van der Waals surface area contributed by atoms with Gasteiger partial charge >= 0.3 is 0 Å². The molecule has 0 N–H and O–H groups in total. The molecule has 0 aliphatic carbocycles. The zero-order valence-corrected chi connectivity index (χ0v) is 10.9. The van der Waals surface area contributed by atoms with Crippen molar-refractivity contribution in [3.63, 3.8) is 0 Å².